The molecule has 0 atom stereocenters. The van der Waals surface area contributed by atoms with E-state index in [1.54, 1.807) is 13.4 Å². The van der Waals surface area contributed by atoms with Gasteiger partial charge in [-0.2, -0.15) is 4.98 Å². The fourth-order valence-corrected chi connectivity index (χ4v) is 2.66. The highest BCUT2D eigenvalue weighted by molar-refractivity contribution is 5.84. The van der Waals surface area contributed by atoms with Gasteiger partial charge in [0.1, 0.15) is 6.33 Å². The largest absolute Gasteiger partial charge is 0.468 e. The molecular formula is C13H19N5O. The fraction of sp³-hybridized carbons (Fsp3) is 0.615. The molecule has 0 amide bonds. The number of fused-ring (bicyclic) bond motifs is 1. The third-order valence-corrected chi connectivity index (χ3v) is 3.68. The highest BCUT2D eigenvalue weighted by atomic mass is 16.5. The second-order valence-corrected chi connectivity index (χ2v) is 4.93. The van der Waals surface area contributed by atoms with E-state index in [1.165, 1.54) is 25.7 Å². The molecule has 2 aromatic rings. The molecule has 0 radical (unpaired) electrons. The molecular weight excluding hydrogens is 242 g/mol. The Hall–Kier alpha value is -1.85. The molecule has 3 rings (SSSR count). The Morgan fingerprint density at radius 1 is 1.11 bits per heavy atom. The first-order valence-corrected chi connectivity index (χ1v) is 6.77. The second kappa shape index (κ2) is 5.03. The van der Waals surface area contributed by atoms with E-state index in [2.05, 4.69) is 19.9 Å². The van der Waals surface area contributed by atoms with Crippen LogP contribution in [0.25, 0.3) is 11.2 Å². The van der Waals surface area contributed by atoms with Crippen LogP contribution in [-0.2, 0) is 7.05 Å². The fourth-order valence-electron chi connectivity index (χ4n) is 2.66. The van der Waals surface area contributed by atoms with Crippen molar-refractivity contribution < 1.29 is 4.74 Å². The average molecular weight is 261 g/mol. The van der Waals surface area contributed by atoms with Gasteiger partial charge in [-0.1, -0.05) is 12.8 Å². The Labute approximate surface area is 112 Å². The minimum Gasteiger partial charge on any atom is -0.468 e. The molecule has 1 saturated heterocycles. The van der Waals surface area contributed by atoms with Crippen molar-refractivity contribution in [2.24, 2.45) is 7.05 Å². The SMILES string of the molecule is COc1nc2c(N3CCCCCC3)ncnc2n1C. The predicted octanol–water partition coefficient (Wildman–Crippen LogP) is 1.75. The van der Waals surface area contributed by atoms with Crippen LogP contribution in [0.3, 0.4) is 0 Å². The summed E-state index contributed by atoms with van der Waals surface area (Å²) in [5, 5.41) is 0. The quantitative estimate of drug-likeness (QED) is 0.824. The van der Waals surface area contributed by atoms with Crippen LogP contribution in [0.1, 0.15) is 25.7 Å². The molecule has 0 spiro atoms. The van der Waals surface area contributed by atoms with Gasteiger partial charge >= 0.3 is 0 Å². The molecule has 6 heteroatoms. The first-order chi connectivity index (χ1) is 9.31. The van der Waals surface area contributed by atoms with E-state index in [9.17, 15) is 0 Å². The number of aryl methyl sites for hydroxylation is 1. The van der Waals surface area contributed by atoms with Crippen LogP contribution in [0.5, 0.6) is 6.01 Å². The summed E-state index contributed by atoms with van der Waals surface area (Å²) in [4.78, 5) is 15.6. The van der Waals surface area contributed by atoms with E-state index >= 15 is 0 Å². The van der Waals surface area contributed by atoms with Gasteiger partial charge in [0.15, 0.2) is 17.0 Å². The molecule has 1 aliphatic rings. The number of rotatable bonds is 2. The highest BCUT2D eigenvalue weighted by Gasteiger charge is 2.19. The number of aromatic nitrogens is 4. The minimum atomic E-state index is 0.576. The van der Waals surface area contributed by atoms with E-state index in [-0.39, 0.29) is 0 Å². The molecule has 1 aliphatic heterocycles. The van der Waals surface area contributed by atoms with Crippen molar-refractivity contribution in [3.8, 4) is 6.01 Å². The van der Waals surface area contributed by atoms with Crippen molar-refractivity contribution in [3.63, 3.8) is 0 Å². The van der Waals surface area contributed by atoms with Crippen LogP contribution in [0.4, 0.5) is 5.82 Å². The summed E-state index contributed by atoms with van der Waals surface area (Å²) in [5.74, 6) is 0.936. The molecule has 1 fully saturated rings. The summed E-state index contributed by atoms with van der Waals surface area (Å²) in [6.45, 7) is 2.09. The molecule has 102 valence electrons. The number of imidazole rings is 1. The molecule has 0 unspecified atom stereocenters. The molecule has 0 bridgehead atoms. The third-order valence-electron chi connectivity index (χ3n) is 3.68. The molecule has 0 aliphatic carbocycles. The van der Waals surface area contributed by atoms with Gasteiger partial charge in [-0.05, 0) is 12.8 Å². The van der Waals surface area contributed by atoms with Crippen molar-refractivity contribution in [3.05, 3.63) is 6.33 Å². The normalized spacial score (nSPS) is 16.6. The van der Waals surface area contributed by atoms with Crippen LogP contribution in [0.15, 0.2) is 6.33 Å². The number of nitrogens with zero attached hydrogens (tertiary/aromatic N) is 5. The predicted molar refractivity (Wildman–Crippen MR) is 73.5 cm³/mol. The smallest absolute Gasteiger partial charge is 0.298 e. The lowest BCUT2D eigenvalue weighted by Gasteiger charge is -2.21. The molecule has 0 saturated carbocycles. The summed E-state index contributed by atoms with van der Waals surface area (Å²) in [5.41, 5.74) is 1.66. The first-order valence-electron chi connectivity index (χ1n) is 6.77. The molecule has 0 aromatic carbocycles. The summed E-state index contributed by atoms with van der Waals surface area (Å²) < 4.78 is 7.12. The Balaban J connectivity index is 2.07. The highest BCUT2D eigenvalue weighted by Crippen LogP contribution is 2.27. The topological polar surface area (TPSA) is 56.1 Å². The molecule has 19 heavy (non-hydrogen) atoms. The Bertz CT molecular complexity index is 572. The van der Waals surface area contributed by atoms with Gasteiger partial charge < -0.3 is 9.64 Å². The number of anilines is 1. The summed E-state index contributed by atoms with van der Waals surface area (Å²) >= 11 is 0. The maximum Gasteiger partial charge on any atom is 0.298 e. The van der Waals surface area contributed by atoms with Crippen molar-refractivity contribution in [1.29, 1.82) is 0 Å². The lowest BCUT2D eigenvalue weighted by atomic mass is 10.2. The van der Waals surface area contributed by atoms with E-state index in [0.717, 1.165) is 30.1 Å². The van der Waals surface area contributed by atoms with E-state index in [4.69, 9.17) is 4.74 Å². The number of methoxy groups -OCH3 is 1. The van der Waals surface area contributed by atoms with Gasteiger partial charge in [0.25, 0.3) is 6.01 Å². The number of hydrogen-bond donors (Lipinski definition) is 0. The van der Waals surface area contributed by atoms with Crippen LogP contribution in [0, 0.1) is 0 Å². The Morgan fingerprint density at radius 3 is 2.53 bits per heavy atom. The van der Waals surface area contributed by atoms with E-state index in [0.29, 0.717) is 6.01 Å². The van der Waals surface area contributed by atoms with Crippen molar-refractivity contribution in [2.45, 2.75) is 25.7 Å². The Kier molecular flexibility index (Phi) is 3.23. The average Bonchev–Trinajstić information content (AvgIpc) is 2.64. The van der Waals surface area contributed by atoms with E-state index in [1.807, 2.05) is 11.6 Å². The lowest BCUT2D eigenvalue weighted by molar-refractivity contribution is 0.368. The van der Waals surface area contributed by atoms with Gasteiger partial charge in [-0.15, -0.1) is 0 Å². The maximum atomic E-state index is 5.26. The lowest BCUT2D eigenvalue weighted by Crippen LogP contribution is -2.25. The first kappa shape index (κ1) is 12.2. The molecule has 2 aromatic heterocycles. The molecule has 0 N–H and O–H groups in total. The van der Waals surface area contributed by atoms with Crippen molar-refractivity contribution in [1.82, 2.24) is 19.5 Å². The zero-order chi connectivity index (χ0) is 13.2. The van der Waals surface area contributed by atoms with Gasteiger partial charge in [0.05, 0.1) is 7.11 Å². The maximum absolute atomic E-state index is 5.26. The zero-order valence-electron chi connectivity index (χ0n) is 11.5. The second-order valence-electron chi connectivity index (χ2n) is 4.93. The van der Waals surface area contributed by atoms with Crippen LogP contribution < -0.4 is 9.64 Å². The summed E-state index contributed by atoms with van der Waals surface area (Å²) in [6.07, 6.45) is 6.65. The van der Waals surface area contributed by atoms with Crippen LogP contribution >= 0.6 is 0 Å². The number of hydrogen-bond acceptors (Lipinski definition) is 5. The minimum absolute atomic E-state index is 0.576. The summed E-state index contributed by atoms with van der Waals surface area (Å²) in [6, 6.07) is 0.576. The molecule has 6 nitrogen and oxygen atoms in total. The standard InChI is InChI=1S/C13H19N5O/c1-17-11-10(16-13(17)19-2)12(15-9-14-11)18-7-5-3-4-6-8-18/h9H,3-8H2,1-2H3. The third kappa shape index (κ3) is 2.11. The van der Waals surface area contributed by atoms with Gasteiger partial charge in [-0.25, -0.2) is 9.97 Å². The van der Waals surface area contributed by atoms with Crippen LogP contribution in [-0.4, -0.2) is 39.7 Å². The van der Waals surface area contributed by atoms with E-state index < -0.39 is 0 Å². The zero-order valence-corrected chi connectivity index (χ0v) is 11.5. The van der Waals surface area contributed by atoms with Crippen LogP contribution in [0.2, 0.25) is 0 Å². The monoisotopic (exact) mass is 261 g/mol. The Morgan fingerprint density at radius 2 is 1.84 bits per heavy atom. The molecule has 3 heterocycles. The van der Waals surface area contributed by atoms with Gasteiger partial charge in [-0.3, -0.25) is 4.57 Å². The number of ether oxygens (including phenoxy) is 1. The van der Waals surface area contributed by atoms with Crippen molar-refractivity contribution in [2.75, 3.05) is 25.1 Å². The van der Waals surface area contributed by atoms with Gasteiger partial charge in [0.2, 0.25) is 0 Å². The summed E-state index contributed by atoms with van der Waals surface area (Å²) in [7, 11) is 3.54. The van der Waals surface area contributed by atoms with Crippen molar-refractivity contribution >= 4 is 17.0 Å². The van der Waals surface area contributed by atoms with Gasteiger partial charge in [0, 0.05) is 20.1 Å².